The fraction of sp³-hybridized carbons (Fsp3) is 0.455. The summed E-state index contributed by atoms with van der Waals surface area (Å²) >= 11 is 0. The van der Waals surface area contributed by atoms with Crippen LogP contribution in [0.4, 0.5) is 0 Å². The molecule has 1 N–H and O–H groups in total. The zero-order chi connectivity index (χ0) is 20.5. The van der Waals surface area contributed by atoms with Crippen LogP contribution in [0.5, 0.6) is 5.75 Å². The first kappa shape index (κ1) is 21.5. The predicted octanol–water partition coefficient (Wildman–Crippen LogP) is 5.09. The number of rotatable bonds is 6. The lowest BCUT2D eigenvalue weighted by atomic mass is 9.94. The van der Waals surface area contributed by atoms with Crippen molar-refractivity contribution in [1.29, 1.82) is 0 Å². The first-order valence-electron chi connectivity index (χ1n) is 9.26. The molecule has 0 unspecified atom stereocenters. The summed E-state index contributed by atoms with van der Waals surface area (Å²) in [6.45, 7) is 13.7. The standard InChI is InChI=1S/C22H31NO3S/c1-13(2)19-12-20(15(4)11-21(19)26-8)18(7)23-27(24,25)22-16(5)9-14(3)10-17(22)6/h9-13,18,23H,1-8H3/t18-/m1/s1. The molecule has 0 aliphatic rings. The van der Waals surface area contributed by atoms with Crippen LogP contribution in [0.15, 0.2) is 29.2 Å². The Morgan fingerprint density at radius 3 is 1.89 bits per heavy atom. The highest BCUT2D eigenvalue weighted by Gasteiger charge is 2.24. The number of hydrogen-bond donors (Lipinski definition) is 1. The Balaban J connectivity index is 2.45. The third-order valence-electron chi connectivity index (χ3n) is 4.91. The molecule has 27 heavy (non-hydrogen) atoms. The van der Waals surface area contributed by atoms with Crippen molar-refractivity contribution in [3.05, 3.63) is 57.6 Å². The van der Waals surface area contributed by atoms with Gasteiger partial charge in [-0.25, -0.2) is 13.1 Å². The lowest BCUT2D eigenvalue weighted by Crippen LogP contribution is -2.28. The molecule has 0 bridgehead atoms. The van der Waals surface area contributed by atoms with Crippen LogP contribution in [0.1, 0.15) is 66.1 Å². The Hall–Kier alpha value is -1.85. The molecule has 1 atom stereocenters. The van der Waals surface area contributed by atoms with E-state index in [1.165, 1.54) is 0 Å². The fourth-order valence-electron chi connectivity index (χ4n) is 3.76. The van der Waals surface area contributed by atoms with E-state index in [9.17, 15) is 8.42 Å². The second kappa shape index (κ2) is 8.03. The van der Waals surface area contributed by atoms with Crippen molar-refractivity contribution in [1.82, 2.24) is 4.72 Å². The van der Waals surface area contributed by atoms with Crippen molar-refractivity contribution in [3.8, 4) is 5.75 Å². The molecule has 148 valence electrons. The van der Waals surface area contributed by atoms with Gasteiger partial charge in [-0.3, -0.25) is 0 Å². The van der Waals surface area contributed by atoms with Crippen LogP contribution in [-0.4, -0.2) is 15.5 Å². The molecule has 2 rings (SSSR count). The van der Waals surface area contributed by atoms with Crippen LogP contribution in [0, 0.1) is 27.7 Å². The minimum absolute atomic E-state index is 0.282. The van der Waals surface area contributed by atoms with Crippen LogP contribution < -0.4 is 9.46 Å². The SMILES string of the molecule is COc1cc(C)c([C@@H](C)NS(=O)(=O)c2c(C)cc(C)cc2C)cc1C(C)C. The van der Waals surface area contributed by atoms with Crippen molar-refractivity contribution < 1.29 is 13.2 Å². The topological polar surface area (TPSA) is 55.4 Å². The first-order chi connectivity index (χ1) is 12.5. The van der Waals surface area contributed by atoms with E-state index in [0.717, 1.165) is 39.1 Å². The number of sulfonamides is 1. The van der Waals surface area contributed by atoms with Gasteiger partial charge in [-0.1, -0.05) is 31.5 Å². The van der Waals surface area contributed by atoms with Gasteiger partial charge >= 0.3 is 0 Å². The van der Waals surface area contributed by atoms with Gasteiger partial charge in [-0.05, 0) is 80.5 Å². The zero-order valence-corrected chi connectivity index (χ0v) is 18.4. The molecule has 0 saturated carbocycles. The molecule has 0 aliphatic heterocycles. The van der Waals surface area contributed by atoms with Gasteiger partial charge in [0.1, 0.15) is 5.75 Å². The molecular formula is C22H31NO3S. The maximum absolute atomic E-state index is 13.1. The zero-order valence-electron chi connectivity index (χ0n) is 17.6. The molecule has 2 aromatic rings. The van der Waals surface area contributed by atoms with Crippen molar-refractivity contribution >= 4 is 10.0 Å². The van der Waals surface area contributed by atoms with E-state index in [-0.39, 0.29) is 12.0 Å². The summed E-state index contributed by atoms with van der Waals surface area (Å²) < 4.78 is 34.5. The lowest BCUT2D eigenvalue weighted by molar-refractivity contribution is 0.406. The molecule has 0 aliphatic carbocycles. The minimum atomic E-state index is -3.63. The number of aryl methyl sites for hydroxylation is 4. The van der Waals surface area contributed by atoms with E-state index in [4.69, 9.17) is 4.74 Å². The van der Waals surface area contributed by atoms with Gasteiger partial charge in [-0.2, -0.15) is 0 Å². The monoisotopic (exact) mass is 389 g/mol. The quantitative estimate of drug-likeness (QED) is 0.748. The Bertz CT molecular complexity index is 923. The highest BCUT2D eigenvalue weighted by Crippen LogP contribution is 2.33. The van der Waals surface area contributed by atoms with Gasteiger partial charge in [0.2, 0.25) is 10.0 Å². The molecular weight excluding hydrogens is 358 g/mol. The normalized spacial score (nSPS) is 13.1. The summed E-state index contributed by atoms with van der Waals surface area (Å²) in [5, 5.41) is 0. The van der Waals surface area contributed by atoms with Crippen molar-refractivity contribution in [2.24, 2.45) is 0 Å². The van der Waals surface area contributed by atoms with Crippen molar-refractivity contribution in [2.45, 2.75) is 65.3 Å². The van der Waals surface area contributed by atoms with Crippen LogP contribution in [0.25, 0.3) is 0 Å². The predicted molar refractivity (Wildman–Crippen MR) is 111 cm³/mol. The average molecular weight is 390 g/mol. The van der Waals surface area contributed by atoms with Gasteiger partial charge in [0.25, 0.3) is 0 Å². The van der Waals surface area contributed by atoms with Crippen LogP contribution in [-0.2, 0) is 10.0 Å². The van der Waals surface area contributed by atoms with Gasteiger partial charge in [-0.15, -0.1) is 0 Å². The summed E-state index contributed by atoms with van der Waals surface area (Å²) in [5.41, 5.74) is 5.63. The number of benzene rings is 2. The molecule has 0 saturated heterocycles. The fourth-order valence-corrected chi connectivity index (χ4v) is 5.43. The highest BCUT2D eigenvalue weighted by atomic mass is 32.2. The van der Waals surface area contributed by atoms with E-state index in [1.807, 2.05) is 52.8 Å². The van der Waals surface area contributed by atoms with E-state index in [2.05, 4.69) is 24.6 Å². The molecule has 0 heterocycles. The molecule has 5 heteroatoms. The molecule has 2 aromatic carbocycles. The van der Waals surface area contributed by atoms with E-state index < -0.39 is 10.0 Å². The van der Waals surface area contributed by atoms with Gasteiger partial charge in [0.05, 0.1) is 12.0 Å². The highest BCUT2D eigenvalue weighted by molar-refractivity contribution is 7.89. The number of nitrogens with one attached hydrogen (secondary N) is 1. The van der Waals surface area contributed by atoms with Gasteiger partial charge in [0.15, 0.2) is 0 Å². The van der Waals surface area contributed by atoms with E-state index >= 15 is 0 Å². The molecule has 0 amide bonds. The number of hydrogen-bond acceptors (Lipinski definition) is 3. The van der Waals surface area contributed by atoms with E-state index in [1.54, 1.807) is 7.11 Å². The van der Waals surface area contributed by atoms with Gasteiger partial charge < -0.3 is 4.74 Å². The first-order valence-corrected chi connectivity index (χ1v) is 10.7. The molecule has 0 aromatic heterocycles. The van der Waals surface area contributed by atoms with Crippen molar-refractivity contribution in [2.75, 3.05) is 7.11 Å². The van der Waals surface area contributed by atoms with Crippen molar-refractivity contribution in [3.63, 3.8) is 0 Å². The summed E-state index contributed by atoms with van der Waals surface area (Å²) in [5.74, 6) is 1.12. The van der Waals surface area contributed by atoms with Crippen LogP contribution in [0.2, 0.25) is 0 Å². The smallest absolute Gasteiger partial charge is 0.241 e. The van der Waals surface area contributed by atoms with E-state index in [0.29, 0.717) is 4.90 Å². The van der Waals surface area contributed by atoms with Gasteiger partial charge in [0, 0.05) is 6.04 Å². The summed E-state index contributed by atoms with van der Waals surface area (Å²) in [6, 6.07) is 7.50. The Morgan fingerprint density at radius 2 is 1.41 bits per heavy atom. The Labute approximate surface area is 164 Å². The maximum atomic E-state index is 13.1. The minimum Gasteiger partial charge on any atom is -0.496 e. The summed E-state index contributed by atoms with van der Waals surface area (Å²) in [4.78, 5) is 0.371. The number of methoxy groups -OCH3 is 1. The maximum Gasteiger partial charge on any atom is 0.241 e. The summed E-state index contributed by atoms with van der Waals surface area (Å²) in [6.07, 6.45) is 0. The van der Waals surface area contributed by atoms with Crippen LogP contribution >= 0.6 is 0 Å². The molecule has 0 spiro atoms. The third kappa shape index (κ3) is 4.53. The van der Waals surface area contributed by atoms with Crippen LogP contribution in [0.3, 0.4) is 0 Å². The molecule has 4 nitrogen and oxygen atoms in total. The number of ether oxygens (including phenoxy) is 1. The largest absolute Gasteiger partial charge is 0.496 e. The summed E-state index contributed by atoms with van der Waals surface area (Å²) in [7, 11) is -1.97. The molecule has 0 fully saturated rings. The molecule has 0 radical (unpaired) electrons. The Kier molecular flexibility index (Phi) is 6.38. The third-order valence-corrected chi connectivity index (χ3v) is 6.76. The average Bonchev–Trinajstić information content (AvgIpc) is 2.51. The lowest BCUT2D eigenvalue weighted by Gasteiger charge is -2.22. The second-order valence-corrected chi connectivity index (χ2v) is 9.33. The second-order valence-electron chi connectivity index (χ2n) is 7.68. The Morgan fingerprint density at radius 1 is 0.852 bits per heavy atom.